The van der Waals surface area contributed by atoms with Gasteiger partial charge < -0.3 is 34.7 Å². The lowest BCUT2D eigenvalue weighted by Crippen LogP contribution is -2.62. The number of methoxy groups -OCH3 is 1. The van der Waals surface area contributed by atoms with E-state index < -0.39 is 0 Å². The van der Waals surface area contributed by atoms with Crippen LogP contribution in [0.4, 0.5) is 5.82 Å². The summed E-state index contributed by atoms with van der Waals surface area (Å²) >= 11 is 0. The Balaban J connectivity index is 1.09. The molecule has 3 aliphatic heterocycles. The largest absolute Gasteiger partial charge is 0.494 e. The van der Waals surface area contributed by atoms with Crippen LogP contribution in [0.2, 0.25) is 0 Å². The van der Waals surface area contributed by atoms with E-state index in [2.05, 4.69) is 37.5 Å². The van der Waals surface area contributed by atoms with Crippen molar-refractivity contribution in [2.45, 2.75) is 57.2 Å². The molecule has 3 N–H and O–H groups in total. The van der Waals surface area contributed by atoms with Gasteiger partial charge in [-0.2, -0.15) is 0 Å². The number of amides is 2. The number of nitrogens with two attached hydrogens (primary N) is 1. The van der Waals surface area contributed by atoms with Crippen molar-refractivity contribution in [1.82, 2.24) is 29.3 Å². The number of carbonyl (C=O) groups is 2. The maximum atomic E-state index is 13.7. The fourth-order valence-electron chi connectivity index (χ4n) is 8.47. The molecule has 3 aromatic heterocycles. The Morgan fingerprint density at radius 2 is 1.93 bits per heavy atom. The molecular weight excluding hydrogens is 568 g/mol. The first-order valence-corrected chi connectivity index (χ1v) is 16.5. The Morgan fingerprint density at radius 1 is 1.11 bits per heavy atom. The van der Waals surface area contributed by atoms with Crippen molar-refractivity contribution in [3.63, 3.8) is 0 Å². The second-order valence-electron chi connectivity index (χ2n) is 14.1. The van der Waals surface area contributed by atoms with Crippen molar-refractivity contribution in [3.05, 3.63) is 35.9 Å². The van der Waals surface area contributed by atoms with Gasteiger partial charge in [-0.3, -0.25) is 9.59 Å². The molecule has 2 saturated carbocycles. The third kappa shape index (κ3) is 4.05. The smallest absolute Gasteiger partial charge is 0.254 e. The van der Waals surface area contributed by atoms with E-state index in [4.69, 9.17) is 20.4 Å². The van der Waals surface area contributed by atoms with E-state index >= 15 is 0 Å². The minimum absolute atomic E-state index is 0.00574. The number of aromatic nitrogens is 4. The van der Waals surface area contributed by atoms with Crippen molar-refractivity contribution in [2.24, 2.45) is 30.0 Å². The minimum Gasteiger partial charge on any atom is -0.494 e. The van der Waals surface area contributed by atoms with Crippen LogP contribution in [0.25, 0.3) is 33.6 Å². The summed E-state index contributed by atoms with van der Waals surface area (Å²) in [7, 11) is 3.67. The maximum absolute atomic E-state index is 13.7. The number of piperidine rings is 2. The Bertz CT molecular complexity index is 1880. The zero-order valence-corrected chi connectivity index (χ0v) is 26.0. The summed E-state index contributed by atoms with van der Waals surface area (Å²) in [5.41, 5.74) is 10.4. The molecule has 5 fully saturated rings. The zero-order chi connectivity index (χ0) is 30.6. The van der Waals surface area contributed by atoms with E-state index in [1.807, 2.05) is 24.1 Å². The van der Waals surface area contributed by atoms with E-state index in [9.17, 15) is 9.59 Å². The number of aryl methyl sites for hydroxylation is 1. The first kappa shape index (κ1) is 27.2. The molecule has 9 rings (SSSR count). The molecular formula is C34H40N8O3. The van der Waals surface area contributed by atoms with Crippen LogP contribution >= 0.6 is 0 Å². The SMILES string of the molecule is COc1cc(C(=O)N2CC3CCC2[C@@H]3N)cc2nc(-c3cc4ccc(N5CCC6(CC5)CNC6=O)nc4n3CC3CC3)n(C)c12. The van der Waals surface area contributed by atoms with Gasteiger partial charge in [-0.1, -0.05) is 0 Å². The van der Waals surface area contributed by atoms with Crippen molar-refractivity contribution < 1.29 is 14.3 Å². The number of likely N-dealkylation sites (tertiary alicyclic amines) is 1. The second kappa shape index (κ2) is 9.69. The van der Waals surface area contributed by atoms with E-state index in [1.54, 1.807) is 7.11 Å². The van der Waals surface area contributed by atoms with E-state index in [0.717, 1.165) is 97.8 Å². The number of imidazole rings is 1. The Kier molecular flexibility index (Phi) is 5.86. The van der Waals surface area contributed by atoms with Crippen molar-refractivity contribution >= 4 is 39.7 Å². The molecule has 2 aliphatic carbocycles. The van der Waals surface area contributed by atoms with Crippen LogP contribution in [-0.4, -0.2) is 81.2 Å². The number of β-lactam (4-membered cyclic amide) rings is 1. The van der Waals surface area contributed by atoms with Gasteiger partial charge in [0.15, 0.2) is 5.82 Å². The van der Waals surface area contributed by atoms with Crippen LogP contribution in [0.3, 0.4) is 0 Å². The first-order chi connectivity index (χ1) is 21.8. The molecule has 0 radical (unpaired) electrons. The molecule has 3 atom stereocenters. The summed E-state index contributed by atoms with van der Waals surface area (Å²) in [6.45, 7) is 4.07. The monoisotopic (exact) mass is 608 g/mol. The number of anilines is 1. The highest BCUT2D eigenvalue weighted by atomic mass is 16.5. The molecule has 11 nitrogen and oxygen atoms in total. The number of benzene rings is 1. The predicted octanol–water partition coefficient (Wildman–Crippen LogP) is 3.29. The number of nitrogens with zero attached hydrogens (tertiary/aromatic N) is 6. The summed E-state index contributed by atoms with van der Waals surface area (Å²) in [5, 5.41) is 4.01. The van der Waals surface area contributed by atoms with Gasteiger partial charge in [0.2, 0.25) is 5.91 Å². The van der Waals surface area contributed by atoms with Crippen LogP contribution < -0.4 is 20.7 Å². The lowest BCUT2D eigenvalue weighted by Gasteiger charge is -2.46. The molecule has 5 aliphatic rings. The van der Waals surface area contributed by atoms with Gasteiger partial charge in [-0.15, -0.1) is 0 Å². The number of hydrogen-bond donors (Lipinski definition) is 2. The normalized spacial score (nSPS) is 25.4. The minimum atomic E-state index is -0.174. The van der Waals surface area contributed by atoms with Gasteiger partial charge in [-0.05, 0) is 80.7 Å². The van der Waals surface area contributed by atoms with Crippen LogP contribution in [0, 0.1) is 17.3 Å². The molecule has 1 aromatic carbocycles. The number of ether oxygens (including phenoxy) is 1. The third-order valence-corrected chi connectivity index (χ3v) is 11.5. The molecule has 3 saturated heterocycles. The number of carbonyl (C=O) groups excluding carboxylic acids is 2. The third-order valence-electron chi connectivity index (χ3n) is 11.5. The lowest BCUT2D eigenvalue weighted by atomic mass is 9.72. The van der Waals surface area contributed by atoms with Crippen LogP contribution in [0.15, 0.2) is 30.3 Å². The average molecular weight is 609 g/mol. The van der Waals surface area contributed by atoms with E-state index in [0.29, 0.717) is 23.1 Å². The summed E-state index contributed by atoms with van der Waals surface area (Å²) in [4.78, 5) is 40.6. The average Bonchev–Trinajstić information content (AvgIpc) is 3.47. The lowest BCUT2D eigenvalue weighted by molar-refractivity contribution is -0.141. The van der Waals surface area contributed by atoms with Gasteiger partial charge >= 0.3 is 0 Å². The van der Waals surface area contributed by atoms with Gasteiger partial charge in [0.25, 0.3) is 5.91 Å². The number of pyridine rings is 1. The van der Waals surface area contributed by atoms with Crippen molar-refractivity contribution in [3.8, 4) is 17.3 Å². The fourth-order valence-corrected chi connectivity index (χ4v) is 8.47. The summed E-state index contributed by atoms with van der Waals surface area (Å²) in [6.07, 6.45) is 6.25. The molecule has 6 heterocycles. The molecule has 45 heavy (non-hydrogen) atoms. The topological polar surface area (TPSA) is 124 Å². The Hall–Kier alpha value is -4.12. The van der Waals surface area contributed by atoms with Gasteiger partial charge in [-0.25, -0.2) is 9.97 Å². The standard InChI is InChI=1S/C34H40N8O3/c1-39-29-23(13-22(15-26(29)45-2)32(43)42-17-21-5-7-24(42)28(21)35)37-31(39)25-14-20-6-8-27(38-30(20)41(25)16-19-3-4-19)40-11-9-34(10-12-40)18-36-33(34)44/h6,8,13-15,19,21,24,28H,3-5,7,9-12,16-18,35H2,1-2H3,(H,36,44)/t21?,24?,28-/m1/s1. The van der Waals surface area contributed by atoms with Gasteiger partial charge in [0.1, 0.15) is 22.7 Å². The highest BCUT2D eigenvalue weighted by molar-refractivity contribution is 6.00. The number of nitrogens with one attached hydrogen (secondary N) is 1. The van der Waals surface area contributed by atoms with Gasteiger partial charge in [0, 0.05) is 62.8 Å². The molecule has 4 aromatic rings. The Labute approximate surface area is 261 Å². The summed E-state index contributed by atoms with van der Waals surface area (Å²) < 4.78 is 10.3. The van der Waals surface area contributed by atoms with Crippen LogP contribution in [0.1, 0.15) is 48.9 Å². The summed E-state index contributed by atoms with van der Waals surface area (Å²) in [5.74, 6) is 3.66. The van der Waals surface area contributed by atoms with Gasteiger partial charge in [0.05, 0.1) is 23.7 Å². The molecule has 11 heteroatoms. The molecule has 1 spiro atoms. The molecule has 234 valence electrons. The summed E-state index contributed by atoms with van der Waals surface area (Å²) in [6, 6.07) is 10.4. The highest BCUT2D eigenvalue weighted by Crippen LogP contribution is 2.41. The Morgan fingerprint density at radius 3 is 2.58 bits per heavy atom. The first-order valence-electron chi connectivity index (χ1n) is 16.5. The molecule has 2 amide bonds. The maximum Gasteiger partial charge on any atom is 0.254 e. The zero-order valence-electron chi connectivity index (χ0n) is 26.0. The highest BCUT2D eigenvalue weighted by Gasteiger charge is 2.48. The van der Waals surface area contributed by atoms with Crippen molar-refractivity contribution in [1.29, 1.82) is 0 Å². The van der Waals surface area contributed by atoms with Crippen molar-refractivity contribution in [2.75, 3.05) is 38.2 Å². The molecule has 2 bridgehead atoms. The number of hydrogen-bond acceptors (Lipinski definition) is 7. The van der Waals surface area contributed by atoms with E-state index in [1.165, 1.54) is 12.8 Å². The fraction of sp³-hybridized carbons (Fsp3) is 0.529. The predicted molar refractivity (Wildman–Crippen MR) is 171 cm³/mol. The number of fused-ring (bicyclic) bond motifs is 4. The number of rotatable bonds is 6. The van der Waals surface area contributed by atoms with Crippen LogP contribution in [0.5, 0.6) is 5.75 Å². The van der Waals surface area contributed by atoms with Crippen LogP contribution in [-0.2, 0) is 18.4 Å². The second-order valence-corrected chi connectivity index (χ2v) is 14.1. The molecule has 2 unspecified atom stereocenters. The quantitative estimate of drug-likeness (QED) is 0.322. The van der Waals surface area contributed by atoms with E-state index in [-0.39, 0.29) is 29.3 Å².